The molecule has 2 amide bonds. The van der Waals surface area contributed by atoms with E-state index in [9.17, 15) is 14.0 Å². The van der Waals surface area contributed by atoms with Crippen molar-refractivity contribution in [2.24, 2.45) is 0 Å². The monoisotopic (exact) mass is 409 g/mol. The Balaban J connectivity index is 1.88. The lowest BCUT2D eigenvalue weighted by atomic mass is 10.1. The van der Waals surface area contributed by atoms with E-state index < -0.39 is 11.7 Å². The fourth-order valence-corrected chi connectivity index (χ4v) is 2.62. The smallest absolute Gasteiger partial charge is 0.264 e. The molecule has 0 aliphatic rings. The molecule has 0 aliphatic heterocycles. The van der Waals surface area contributed by atoms with Crippen LogP contribution < -0.4 is 10.1 Å². The summed E-state index contributed by atoms with van der Waals surface area (Å²) in [5.74, 6) is -1.45. The Morgan fingerprint density at radius 3 is 2.57 bits per heavy atom. The summed E-state index contributed by atoms with van der Waals surface area (Å²) in [5, 5.41) is 11.9. The largest absolute Gasteiger partial charge is 0.490 e. The highest BCUT2D eigenvalue weighted by Gasteiger charge is 2.14. The fourth-order valence-electron chi connectivity index (χ4n) is 2.62. The predicted octanol–water partition coefficient (Wildman–Crippen LogP) is 2.95. The standard InChI is InChI=1S/C23H24FN3O3/c1-27(2)23(29)19(16-25)15-18-9-6-10-20(22(18)24)30-14-12-21(28)26-13-11-17-7-4-3-5-8-17/h3-10,15H,11-14H2,1-2H3,(H,26,28). The van der Waals surface area contributed by atoms with Crippen LogP contribution in [0.2, 0.25) is 0 Å². The van der Waals surface area contributed by atoms with Crippen molar-refractivity contribution in [3.05, 3.63) is 71.0 Å². The van der Waals surface area contributed by atoms with E-state index in [1.807, 2.05) is 30.3 Å². The van der Waals surface area contributed by atoms with E-state index in [0.717, 1.165) is 12.0 Å². The van der Waals surface area contributed by atoms with Gasteiger partial charge in [0.05, 0.1) is 13.0 Å². The van der Waals surface area contributed by atoms with Crippen LogP contribution >= 0.6 is 0 Å². The molecule has 6 nitrogen and oxygen atoms in total. The summed E-state index contributed by atoms with van der Waals surface area (Å²) in [4.78, 5) is 25.1. The molecule has 0 unspecified atom stereocenters. The van der Waals surface area contributed by atoms with Gasteiger partial charge in [0, 0.05) is 26.2 Å². The number of carbonyl (C=O) groups excluding carboxylic acids is 2. The third-order valence-electron chi connectivity index (χ3n) is 4.22. The lowest BCUT2D eigenvalue weighted by molar-refractivity contribution is -0.124. The molecule has 0 bridgehead atoms. The predicted molar refractivity (Wildman–Crippen MR) is 112 cm³/mol. The van der Waals surface area contributed by atoms with Gasteiger partial charge < -0.3 is 15.0 Å². The van der Waals surface area contributed by atoms with Crippen LogP contribution in [0, 0.1) is 17.1 Å². The van der Waals surface area contributed by atoms with Crippen LogP contribution in [0.1, 0.15) is 17.5 Å². The number of nitrogens with one attached hydrogen (secondary N) is 1. The number of halogens is 1. The van der Waals surface area contributed by atoms with Gasteiger partial charge in [-0.2, -0.15) is 5.26 Å². The molecule has 0 aromatic heterocycles. The van der Waals surface area contributed by atoms with Gasteiger partial charge in [-0.25, -0.2) is 4.39 Å². The molecule has 156 valence electrons. The van der Waals surface area contributed by atoms with Crippen LogP contribution in [0.15, 0.2) is 54.1 Å². The van der Waals surface area contributed by atoms with Crippen molar-refractivity contribution in [2.75, 3.05) is 27.2 Å². The highest BCUT2D eigenvalue weighted by molar-refractivity contribution is 6.01. The zero-order valence-corrected chi connectivity index (χ0v) is 17.0. The number of carbonyl (C=O) groups is 2. The van der Waals surface area contributed by atoms with Gasteiger partial charge in [0.25, 0.3) is 5.91 Å². The van der Waals surface area contributed by atoms with Crippen LogP contribution in [-0.4, -0.2) is 44.0 Å². The Morgan fingerprint density at radius 1 is 1.17 bits per heavy atom. The molecule has 0 radical (unpaired) electrons. The molecule has 0 heterocycles. The Kier molecular flexibility index (Phi) is 8.57. The molecule has 0 saturated heterocycles. The van der Waals surface area contributed by atoms with Crippen molar-refractivity contribution in [1.29, 1.82) is 5.26 Å². The van der Waals surface area contributed by atoms with Crippen molar-refractivity contribution in [3.8, 4) is 11.8 Å². The highest BCUT2D eigenvalue weighted by Crippen LogP contribution is 2.23. The van der Waals surface area contributed by atoms with Gasteiger partial charge in [-0.1, -0.05) is 42.5 Å². The summed E-state index contributed by atoms with van der Waals surface area (Å²) in [7, 11) is 3.02. The van der Waals surface area contributed by atoms with Gasteiger partial charge >= 0.3 is 0 Å². The quantitative estimate of drug-likeness (QED) is 0.510. The third-order valence-corrected chi connectivity index (χ3v) is 4.22. The number of hydrogen-bond donors (Lipinski definition) is 1. The molecule has 0 atom stereocenters. The summed E-state index contributed by atoms with van der Waals surface area (Å²) < 4.78 is 20.0. The first kappa shape index (κ1) is 22.6. The number of ether oxygens (including phenoxy) is 1. The molecular formula is C23H24FN3O3. The van der Waals surface area contributed by atoms with Crippen LogP contribution in [0.25, 0.3) is 6.08 Å². The van der Waals surface area contributed by atoms with Crippen LogP contribution in [0.3, 0.4) is 0 Å². The van der Waals surface area contributed by atoms with Crippen molar-refractivity contribution < 1.29 is 18.7 Å². The zero-order valence-electron chi connectivity index (χ0n) is 17.0. The van der Waals surface area contributed by atoms with E-state index in [1.54, 1.807) is 12.1 Å². The topological polar surface area (TPSA) is 82.4 Å². The number of benzene rings is 2. The second-order valence-electron chi connectivity index (χ2n) is 6.71. The van der Waals surface area contributed by atoms with Crippen LogP contribution in [-0.2, 0) is 16.0 Å². The van der Waals surface area contributed by atoms with Gasteiger partial charge in [0.15, 0.2) is 11.6 Å². The normalized spacial score (nSPS) is 10.8. The molecule has 2 aromatic carbocycles. The number of amides is 2. The number of nitriles is 1. The van der Waals surface area contributed by atoms with Crippen LogP contribution in [0.5, 0.6) is 5.75 Å². The minimum atomic E-state index is -0.693. The van der Waals surface area contributed by atoms with Crippen molar-refractivity contribution >= 4 is 17.9 Å². The van der Waals surface area contributed by atoms with E-state index in [0.29, 0.717) is 6.54 Å². The molecular weight excluding hydrogens is 385 g/mol. The number of rotatable bonds is 9. The molecule has 30 heavy (non-hydrogen) atoms. The summed E-state index contributed by atoms with van der Waals surface area (Å²) >= 11 is 0. The number of nitrogens with zero attached hydrogens (tertiary/aromatic N) is 2. The maximum Gasteiger partial charge on any atom is 0.264 e. The van der Waals surface area contributed by atoms with Crippen molar-refractivity contribution in [1.82, 2.24) is 10.2 Å². The maximum atomic E-state index is 14.6. The Labute approximate surface area is 175 Å². The third kappa shape index (κ3) is 6.74. The van der Waals surface area contributed by atoms with Crippen molar-refractivity contribution in [2.45, 2.75) is 12.8 Å². The average Bonchev–Trinajstić information content (AvgIpc) is 2.74. The Hall–Kier alpha value is -3.66. The van der Waals surface area contributed by atoms with Gasteiger partial charge in [-0.05, 0) is 24.1 Å². The molecule has 0 spiro atoms. The van der Waals surface area contributed by atoms with Crippen LogP contribution in [0.4, 0.5) is 4.39 Å². The molecule has 0 fully saturated rings. The van der Waals surface area contributed by atoms with Gasteiger partial charge in [-0.15, -0.1) is 0 Å². The second-order valence-corrected chi connectivity index (χ2v) is 6.71. The minimum absolute atomic E-state index is 0.00297. The molecule has 0 aliphatic carbocycles. The van der Waals surface area contributed by atoms with Gasteiger partial charge in [0.1, 0.15) is 11.6 Å². The maximum absolute atomic E-state index is 14.6. The van der Waals surface area contributed by atoms with Gasteiger partial charge in [0.2, 0.25) is 5.91 Å². The van der Waals surface area contributed by atoms with E-state index in [1.165, 1.54) is 37.2 Å². The van der Waals surface area contributed by atoms with Crippen molar-refractivity contribution in [3.63, 3.8) is 0 Å². The first-order chi connectivity index (χ1) is 14.4. The summed E-state index contributed by atoms with van der Waals surface area (Å²) in [6, 6.07) is 16.0. The molecule has 2 rings (SSSR count). The zero-order chi connectivity index (χ0) is 21.9. The Morgan fingerprint density at radius 2 is 1.90 bits per heavy atom. The lowest BCUT2D eigenvalue weighted by Gasteiger charge is -2.11. The number of hydrogen-bond acceptors (Lipinski definition) is 4. The minimum Gasteiger partial charge on any atom is -0.490 e. The Bertz CT molecular complexity index is 950. The van der Waals surface area contributed by atoms with E-state index in [4.69, 9.17) is 10.00 Å². The van der Waals surface area contributed by atoms with E-state index in [-0.39, 0.29) is 35.8 Å². The molecule has 2 aromatic rings. The second kappa shape index (κ2) is 11.4. The molecule has 0 saturated carbocycles. The van der Waals surface area contributed by atoms with E-state index in [2.05, 4.69) is 5.32 Å². The molecule has 7 heteroatoms. The summed E-state index contributed by atoms with van der Waals surface area (Å²) in [5.41, 5.74) is 1.01. The first-order valence-corrected chi connectivity index (χ1v) is 9.47. The highest BCUT2D eigenvalue weighted by atomic mass is 19.1. The SMILES string of the molecule is CN(C)C(=O)C(C#N)=Cc1cccc(OCCC(=O)NCCc2ccccc2)c1F. The molecule has 1 N–H and O–H groups in total. The first-order valence-electron chi connectivity index (χ1n) is 9.47. The van der Waals surface area contributed by atoms with Gasteiger partial charge in [-0.3, -0.25) is 9.59 Å². The summed E-state index contributed by atoms with van der Waals surface area (Å²) in [6.07, 6.45) is 1.99. The average molecular weight is 409 g/mol. The summed E-state index contributed by atoms with van der Waals surface area (Å²) in [6.45, 7) is 0.511. The van der Waals surface area contributed by atoms with E-state index >= 15 is 0 Å². The fraction of sp³-hybridized carbons (Fsp3) is 0.261. The lowest BCUT2D eigenvalue weighted by Crippen LogP contribution is -2.27. The number of likely N-dealkylation sites (N-methyl/N-ethyl adjacent to an activating group) is 1.